The normalized spacial score (nSPS) is 24.9. The third-order valence-corrected chi connectivity index (χ3v) is 4.37. The van der Waals surface area contributed by atoms with Crippen molar-refractivity contribution in [1.29, 1.82) is 0 Å². The van der Waals surface area contributed by atoms with Crippen LogP contribution in [0.4, 0.5) is 4.79 Å². The average Bonchev–Trinajstić information content (AvgIpc) is 3.02. The maximum absolute atomic E-state index is 12.5. The first-order valence-corrected chi connectivity index (χ1v) is 6.84. The molecule has 0 saturated carbocycles. The molecule has 20 heavy (non-hydrogen) atoms. The fourth-order valence-electron chi connectivity index (χ4n) is 2.97. The molecule has 1 atom stereocenters. The molecule has 3 rings (SSSR count). The van der Waals surface area contributed by atoms with Crippen LogP contribution in [0.1, 0.15) is 24.5 Å². The quantitative estimate of drug-likeness (QED) is 0.851. The predicted octanol–water partition coefficient (Wildman–Crippen LogP) is 1.92. The van der Waals surface area contributed by atoms with E-state index in [9.17, 15) is 14.7 Å². The van der Waals surface area contributed by atoms with Crippen molar-refractivity contribution >= 4 is 12.0 Å². The molecule has 1 fully saturated rings. The molecule has 0 aliphatic carbocycles. The molecule has 1 N–H and O–H groups in total. The summed E-state index contributed by atoms with van der Waals surface area (Å²) in [6.07, 6.45) is 0.523. The lowest BCUT2D eigenvalue weighted by Gasteiger charge is -2.25. The van der Waals surface area contributed by atoms with Gasteiger partial charge in [0.2, 0.25) is 0 Å². The first-order valence-electron chi connectivity index (χ1n) is 6.84. The number of amides is 2. The summed E-state index contributed by atoms with van der Waals surface area (Å²) in [5, 5.41) is 9.23. The Hall–Kier alpha value is -2.04. The van der Waals surface area contributed by atoms with Crippen molar-refractivity contribution in [1.82, 2.24) is 9.80 Å². The lowest BCUT2D eigenvalue weighted by molar-refractivity contribution is -0.147. The van der Waals surface area contributed by atoms with Gasteiger partial charge in [-0.1, -0.05) is 24.3 Å². The third kappa shape index (κ3) is 2.03. The number of aliphatic carboxylic acids is 1. The van der Waals surface area contributed by atoms with Crippen molar-refractivity contribution in [2.24, 2.45) is 5.41 Å². The summed E-state index contributed by atoms with van der Waals surface area (Å²) in [4.78, 5) is 27.2. The van der Waals surface area contributed by atoms with Gasteiger partial charge in [-0.2, -0.15) is 0 Å². The summed E-state index contributed by atoms with van der Waals surface area (Å²) in [5.74, 6) is -0.822. The van der Waals surface area contributed by atoms with Crippen LogP contribution in [0.5, 0.6) is 0 Å². The molecule has 2 heterocycles. The summed E-state index contributed by atoms with van der Waals surface area (Å²) in [5.41, 5.74) is 1.56. The van der Waals surface area contributed by atoms with Crippen LogP contribution in [-0.2, 0) is 17.9 Å². The minimum absolute atomic E-state index is 0.0498. The minimum atomic E-state index is -0.822. The third-order valence-electron chi connectivity index (χ3n) is 4.37. The molecule has 1 aromatic rings. The van der Waals surface area contributed by atoms with Crippen molar-refractivity contribution in [2.45, 2.75) is 26.4 Å². The highest BCUT2D eigenvalue weighted by Gasteiger charge is 2.43. The van der Waals surface area contributed by atoms with Crippen LogP contribution in [0.2, 0.25) is 0 Å². The monoisotopic (exact) mass is 274 g/mol. The maximum atomic E-state index is 12.5. The van der Waals surface area contributed by atoms with E-state index in [4.69, 9.17) is 0 Å². The van der Waals surface area contributed by atoms with Gasteiger partial charge < -0.3 is 14.9 Å². The molecule has 5 heteroatoms. The number of likely N-dealkylation sites (tertiary alicyclic amines) is 1. The van der Waals surface area contributed by atoms with Gasteiger partial charge in [0.05, 0.1) is 5.41 Å². The number of carbonyl (C=O) groups is 2. The van der Waals surface area contributed by atoms with Gasteiger partial charge in [0.25, 0.3) is 0 Å². The largest absolute Gasteiger partial charge is 0.481 e. The van der Waals surface area contributed by atoms with E-state index in [0.29, 0.717) is 32.6 Å². The van der Waals surface area contributed by atoms with Gasteiger partial charge in [0.15, 0.2) is 0 Å². The Morgan fingerprint density at radius 1 is 1.15 bits per heavy atom. The van der Waals surface area contributed by atoms with Crippen LogP contribution >= 0.6 is 0 Å². The molecular weight excluding hydrogens is 256 g/mol. The van der Waals surface area contributed by atoms with Crippen molar-refractivity contribution < 1.29 is 14.7 Å². The van der Waals surface area contributed by atoms with E-state index in [1.54, 1.807) is 16.7 Å². The number of carboxylic acid groups (broad SMARTS) is 1. The van der Waals surface area contributed by atoms with Crippen molar-refractivity contribution in [3.8, 4) is 0 Å². The van der Waals surface area contributed by atoms with Gasteiger partial charge in [0.1, 0.15) is 0 Å². The lowest BCUT2D eigenvalue weighted by atomic mass is 9.90. The molecule has 1 unspecified atom stereocenters. The fourth-order valence-corrected chi connectivity index (χ4v) is 2.97. The minimum Gasteiger partial charge on any atom is -0.481 e. The van der Waals surface area contributed by atoms with E-state index in [1.807, 2.05) is 24.3 Å². The molecule has 2 aliphatic rings. The van der Waals surface area contributed by atoms with E-state index in [1.165, 1.54) is 11.1 Å². The highest BCUT2D eigenvalue weighted by atomic mass is 16.4. The van der Waals surface area contributed by atoms with E-state index in [-0.39, 0.29) is 6.03 Å². The van der Waals surface area contributed by atoms with Gasteiger partial charge >= 0.3 is 12.0 Å². The van der Waals surface area contributed by atoms with Crippen LogP contribution in [0.15, 0.2) is 24.3 Å². The smallest absolute Gasteiger partial charge is 0.320 e. The number of rotatable bonds is 1. The van der Waals surface area contributed by atoms with E-state index in [2.05, 4.69) is 0 Å². The Balaban J connectivity index is 1.69. The first kappa shape index (κ1) is 13.0. The second-order valence-electron chi connectivity index (χ2n) is 5.94. The summed E-state index contributed by atoms with van der Waals surface area (Å²) in [6.45, 7) is 3.77. The summed E-state index contributed by atoms with van der Waals surface area (Å²) >= 11 is 0. The number of hydrogen-bond acceptors (Lipinski definition) is 2. The summed E-state index contributed by atoms with van der Waals surface area (Å²) in [6, 6.07) is 7.97. The molecule has 1 saturated heterocycles. The second-order valence-corrected chi connectivity index (χ2v) is 5.94. The Morgan fingerprint density at radius 2 is 1.75 bits per heavy atom. The highest BCUT2D eigenvalue weighted by molar-refractivity contribution is 5.80. The topological polar surface area (TPSA) is 60.9 Å². The number of carbonyl (C=O) groups excluding carboxylic acids is 1. The van der Waals surface area contributed by atoms with Gasteiger partial charge in [0, 0.05) is 26.2 Å². The zero-order valence-electron chi connectivity index (χ0n) is 11.5. The summed E-state index contributed by atoms with van der Waals surface area (Å²) < 4.78 is 0. The molecule has 0 radical (unpaired) electrons. The van der Waals surface area contributed by atoms with Crippen LogP contribution in [0.3, 0.4) is 0 Å². The van der Waals surface area contributed by atoms with Crippen molar-refractivity contribution in [2.75, 3.05) is 13.1 Å². The Kier molecular flexibility index (Phi) is 2.92. The van der Waals surface area contributed by atoms with Gasteiger partial charge in [-0.15, -0.1) is 0 Å². The van der Waals surface area contributed by atoms with E-state index < -0.39 is 11.4 Å². The number of hydrogen-bond donors (Lipinski definition) is 1. The molecule has 2 amide bonds. The molecule has 0 aromatic heterocycles. The lowest BCUT2D eigenvalue weighted by Crippen LogP contribution is -2.41. The molecule has 0 spiro atoms. The van der Waals surface area contributed by atoms with Gasteiger partial charge in [-0.25, -0.2) is 4.79 Å². The van der Waals surface area contributed by atoms with Gasteiger partial charge in [-0.05, 0) is 24.5 Å². The number of fused-ring (bicyclic) bond motifs is 1. The zero-order chi connectivity index (χ0) is 14.3. The average molecular weight is 274 g/mol. The maximum Gasteiger partial charge on any atom is 0.320 e. The fraction of sp³-hybridized carbons (Fsp3) is 0.467. The van der Waals surface area contributed by atoms with E-state index >= 15 is 0 Å². The molecular formula is C15H18N2O3. The van der Waals surface area contributed by atoms with Gasteiger partial charge in [-0.3, -0.25) is 4.79 Å². The standard InChI is InChI=1S/C15H18N2O3/c1-15(13(18)19)6-7-16(10-15)14(20)17-8-11-4-2-3-5-12(11)9-17/h2-5H,6-10H2,1H3,(H,18,19). The first-order chi connectivity index (χ1) is 9.49. The molecule has 2 aliphatic heterocycles. The number of carboxylic acids is 1. The zero-order valence-corrected chi connectivity index (χ0v) is 11.5. The van der Waals surface area contributed by atoms with E-state index in [0.717, 1.165) is 0 Å². The molecule has 106 valence electrons. The Bertz CT molecular complexity index is 547. The van der Waals surface area contributed by atoms with Crippen molar-refractivity contribution in [3.63, 3.8) is 0 Å². The van der Waals surface area contributed by atoms with Crippen LogP contribution in [-0.4, -0.2) is 40.0 Å². The van der Waals surface area contributed by atoms with Crippen molar-refractivity contribution in [3.05, 3.63) is 35.4 Å². The predicted molar refractivity (Wildman–Crippen MR) is 73.0 cm³/mol. The van der Waals surface area contributed by atoms with Crippen LogP contribution in [0.25, 0.3) is 0 Å². The number of urea groups is 1. The Labute approximate surface area is 117 Å². The molecule has 0 bridgehead atoms. The highest BCUT2D eigenvalue weighted by Crippen LogP contribution is 2.32. The summed E-state index contributed by atoms with van der Waals surface area (Å²) in [7, 11) is 0. The second kappa shape index (κ2) is 4.51. The Morgan fingerprint density at radius 3 is 2.25 bits per heavy atom. The number of nitrogens with zero attached hydrogens (tertiary/aromatic N) is 2. The number of benzene rings is 1. The molecule has 5 nitrogen and oxygen atoms in total. The van der Waals surface area contributed by atoms with Crippen LogP contribution in [0, 0.1) is 5.41 Å². The molecule has 1 aromatic carbocycles. The van der Waals surface area contributed by atoms with Crippen LogP contribution < -0.4 is 0 Å². The SMILES string of the molecule is CC1(C(=O)O)CCN(C(=O)N2Cc3ccccc3C2)C1.